The second kappa shape index (κ2) is 7.84. The number of alkyl halides is 1. The highest BCUT2D eigenvalue weighted by Gasteiger charge is 2.43. The van der Waals surface area contributed by atoms with Crippen molar-refractivity contribution in [2.75, 3.05) is 18.5 Å². The van der Waals surface area contributed by atoms with Crippen LogP contribution >= 0.6 is 0 Å². The number of carbonyl (C=O) groups excluding carboxylic acids is 1. The zero-order chi connectivity index (χ0) is 22.5. The van der Waals surface area contributed by atoms with Crippen LogP contribution in [0.1, 0.15) is 36.4 Å². The van der Waals surface area contributed by atoms with E-state index in [4.69, 9.17) is 14.8 Å². The highest BCUT2D eigenvalue weighted by molar-refractivity contribution is 6.00. The number of hydrogen-bond acceptors (Lipinski definition) is 6. The lowest BCUT2D eigenvalue weighted by Crippen LogP contribution is -2.15. The monoisotopic (exact) mass is 446 g/mol. The Balaban J connectivity index is 1.38. The predicted octanol–water partition coefficient (Wildman–Crippen LogP) is 3.84. The van der Waals surface area contributed by atoms with Crippen LogP contribution in [-0.4, -0.2) is 49.9 Å². The number of carbonyl (C=O) groups is 1. The molecule has 4 aromatic rings. The third-order valence-corrected chi connectivity index (χ3v) is 6.56. The maximum absolute atomic E-state index is 13.3. The Labute approximate surface area is 189 Å². The van der Waals surface area contributed by atoms with Crippen LogP contribution in [0.4, 0.5) is 10.2 Å². The summed E-state index contributed by atoms with van der Waals surface area (Å²) in [7, 11) is 0. The number of halogens is 1. The minimum Gasteiger partial charge on any atom is -0.381 e. The number of nitrogens with zero attached hydrogens (tertiary/aromatic N) is 5. The standard InChI is InChI=1S/C24H23FN6O2/c1-13-18-10-27-21(28-24(32)17-8-20(17)25)9-16(18)19(11-26-13)23-29-22-3-2-15(12-31(22)30-23)14-4-6-33-7-5-14/h2-3,9-12,14,17,20H,4-8H2,1H3,(H,27,28,32)/t17-,20+/m0/s1. The maximum Gasteiger partial charge on any atom is 0.231 e. The van der Waals surface area contributed by atoms with E-state index in [1.165, 1.54) is 5.56 Å². The molecule has 1 aliphatic carbocycles. The van der Waals surface area contributed by atoms with Gasteiger partial charge in [0.05, 0.1) is 5.92 Å². The van der Waals surface area contributed by atoms with Crippen LogP contribution in [-0.2, 0) is 9.53 Å². The molecule has 5 heterocycles. The van der Waals surface area contributed by atoms with Gasteiger partial charge in [0.1, 0.15) is 12.0 Å². The molecule has 33 heavy (non-hydrogen) atoms. The van der Waals surface area contributed by atoms with Crippen molar-refractivity contribution in [1.29, 1.82) is 0 Å². The fourth-order valence-corrected chi connectivity index (χ4v) is 4.45. The predicted molar refractivity (Wildman–Crippen MR) is 121 cm³/mol. The fraction of sp³-hybridized carbons (Fsp3) is 0.375. The van der Waals surface area contributed by atoms with Gasteiger partial charge in [-0.2, -0.15) is 0 Å². The fourth-order valence-electron chi connectivity index (χ4n) is 4.45. The molecule has 4 aromatic heterocycles. The van der Waals surface area contributed by atoms with Gasteiger partial charge in [0, 0.05) is 53.8 Å². The maximum atomic E-state index is 13.3. The molecule has 1 N–H and O–H groups in total. The van der Waals surface area contributed by atoms with E-state index in [-0.39, 0.29) is 12.3 Å². The molecule has 2 fully saturated rings. The van der Waals surface area contributed by atoms with Crippen molar-refractivity contribution in [3.8, 4) is 11.4 Å². The summed E-state index contributed by atoms with van der Waals surface area (Å²) in [4.78, 5) is 25.7. The third-order valence-electron chi connectivity index (χ3n) is 6.56. The minimum atomic E-state index is -1.05. The van der Waals surface area contributed by atoms with Crippen molar-refractivity contribution in [3.05, 3.63) is 48.0 Å². The number of aryl methyl sites for hydroxylation is 1. The molecule has 2 atom stereocenters. The van der Waals surface area contributed by atoms with Crippen molar-refractivity contribution >= 4 is 28.1 Å². The van der Waals surface area contributed by atoms with E-state index in [9.17, 15) is 9.18 Å². The number of nitrogens with one attached hydrogen (secondary N) is 1. The number of hydrogen-bond donors (Lipinski definition) is 1. The van der Waals surface area contributed by atoms with Gasteiger partial charge in [-0.15, -0.1) is 5.10 Å². The minimum absolute atomic E-state index is 0.273. The normalized spacial score (nSPS) is 20.9. The Morgan fingerprint density at radius 1 is 1.18 bits per heavy atom. The number of rotatable bonds is 4. The number of fused-ring (bicyclic) bond motifs is 2. The number of anilines is 1. The van der Waals surface area contributed by atoms with E-state index in [1.54, 1.807) is 18.5 Å². The molecule has 1 amide bonds. The van der Waals surface area contributed by atoms with Crippen LogP contribution in [0.15, 0.2) is 36.8 Å². The number of amides is 1. The molecule has 1 saturated heterocycles. The zero-order valence-electron chi connectivity index (χ0n) is 18.2. The third kappa shape index (κ3) is 3.72. The highest BCUT2D eigenvalue weighted by Crippen LogP contribution is 2.35. The van der Waals surface area contributed by atoms with Gasteiger partial charge in [-0.25, -0.2) is 18.9 Å². The summed E-state index contributed by atoms with van der Waals surface area (Å²) in [5.41, 5.74) is 3.55. The summed E-state index contributed by atoms with van der Waals surface area (Å²) >= 11 is 0. The Hall–Kier alpha value is -3.46. The SMILES string of the molecule is Cc1ncc(-c2nc3ccc(C4CCOCC4)cn3n2)c2cc(NC(=O)[C@H]3C[C@H]3F)ncc12. The van der Waals surface area contributed by atoms with E-state index >= 15 is 0 Å². The van der Waals surface area contributed by atoms with Crippen LogP contribution in [0.2, 0.25) is 0 Å². The van der Waals surface area contributed by atoms with E-state index in [2.05, 4.69) is 21.4 Å². The lowest BCUT2D eigenvalue weighted by Gasteiger charge is -2.22. The molecule has 168 valence electrons. The Morgan fingerprint density at radius 3 is 2.79 bits per heavy atom. The summed E-state index contributed by atoms with van der Waals surface area (Å²) < 4.78 is 20.5. The molecule has 0 radical (unpaired) electrons. The topological polar surface area (TPSA) is 94.3 Å². The largest absolute Gasteiger partial charge is 0.381 e. The summed E-state index contributed by atoms with van der Waals surface area (Å²) in [6.07, 6.45) is 6.69. The van der Waals surface area contributed by atoms with Gasteiger partial charge in [0.25, 0.3) is 0 Å². The van der Waals surface area contributed by atoms with Gasteiger partial charge < -0.3 is 10.1 Å². The van der Waals surface area contributed by atoms with Gasteiger partial charge in [-0.05, 0) is 49.8 Å². The molecule has 0 unspecified atom stereocenters. The first-order valence-electron chi connectivity index (χ1n) is 11.2. The van der Waals surface area contributed by atoms with E-state index in [1.807, 2.05) is 23.7 Å². The molecular weight excluding hydrogens is 423 g/mol. The molecular formula is C24H23FN6O2. The van der Waals surface area contributed by atoms with Crippen molar-refractivity contribution in [2.45, 2.75) is 38.3 Å². The van der Waals surface area contributed by atoms with Crippen LogP contribution in [0.25, 0.3) is 27.8 Å². The molecule has 0 aromatic carbocycles. The van der Waals surface area contributed by atoms with Crippen LogP contribution in [0.5, 0.6) is 0 Å². The number of ether oxygens (including phenoxy) is 1. The van der Waals surface area contributed by atoms with Crippen LogP contribution < -0.4 is 5.32 Å². The average Bonchev–Trinajstić information content (AvgIpc) is 3.42. The number of pyridine rings is 3. The average molecular weight is 446 g/mol. The second-order valence-corrected chi connectivity index (χ2v) is 8.81. The molecule has 0 spiro atoms. The Bertz CT molecular complexity index is 1380. The van der Waals surface area contributed by atoms with Gasteiger partial charge in [-0.1, -0.05) is 6.07 Å². The number of aromatic nitrogens is 5. The lowest BCUT2D eigenvalue weighted by atomic mass is 9.93. The first-order chi connectivity index (χ1) is 16.1. The first kappa shape index (κ1) is 20.2. The van der Waals surface area contributed by atoms with E-state index < -0.39 is 12.1 Å². The van der Waals surface area contributed by atoms with Gasteiger partial charge >= 0.3 is 0 Å². The molecule has 2 aliphatic rings. The van der Waals surface area contributed by atoms with Gasteiger partial charge in [0.15, 0.2) is 11.5 Å². The van der Waals surface area contributed by atoms with Crippen LogP contribution in [0, 0.1) is 12.8 Å². The van der Waals surface area contributed by atoms with E-state index in [0.717, 1.165) is 53.7 Å². The summed E-state index contributed by atoms with van der Waals surface area (Å²) in [5.74, 6) is 0.472. The van der Waals surface area contributed by atoms with Gasteiger partial charge in [0.2, 0.25) is 5.91 Å². The quantitative estimate of drug-likeness (QED) is 0.512. The Kier molecular flexibility index (Phi) is 4.79. The highest BCUT2D eigenvalue weighted by atomic mass is 19.1. The summed E-state index contributed by atoms with van der Waals surface area (Å²) in [5, 5.41) is 9.15. The lowest BCUT2D eigenvalue weighted by molar-refractivity contribution is -0.117. The van der Waals surface area contributed by atoms with E-state index in [0.29, 0.717) is 17.6 Å². The first-order valence-corrected chi connectivity index (χ1v) is 11.2. The molecule has 1 aliphatic heterocycles. The van der Waals surface area contributed by atoms with Gasteiger partial charge in [-0.3, -0.25) is 9.78 Å². The Morgan fingerprint density at radius 2 is 2.00 bits per heavy atom. The zero-order valence-corrected chi connectivity index (χ0v) is 18.2. The smallest absolute Gasteiger partial charge is 0.231 e. The van der Waals surface area contributed by atoms with Crippen molar-refractivity contribution in [1.82, 2.24) is 24.6 Å². The summed E-state index contributed by atoms with van der Waals surface area (Å²) in [6.45, 7) is 3.47. The van der Waals surface area contributed by atoms with Crippen molar-refractivity contribution < 1.29 is 13.9 Å². The second-order valence-electron chi connectivity index (χ2n) is 8.81. The van der Waals surface area contributed by atoms with Crippen molar-refractivity contribution in [3.63, 3.8) is 0 Å². The summed E-state index contributed by atoms with van der Waals surface area (Å²) in [6, 6.07) is 5.89. The molecule has 1 saturated carbocycles. The van der Waals surface area contributed by atoms with Crippen molar-refractivity contribution in [2.24, 2.45) is 5.92 Å². The molecule has 6 rings (SSSR count). The molecule has 9 heteroatoms. The molecule has 0 bridgehead atoms. The molecule has 8 nitrogen and oxygen atoms in total. The van der Waals surface area contributed by atoms with Crippen LogP contribution in [0.3, 0.4) is 0 Å².